The molecule has 0 aromatic carbocycles. The van der Waals surface area contributed by atoms with Gasteiger partial charge in [0.05, 0.1) is 24.9 Å². The normalized spacial score (nSPS) is 15.8. The number of carbonyl (C=O) groups excluding carboxylic acids is 2. The molecule has 0 saturated carbocycles. The minimum Gasteiger partial charge on any atom is -0.469 e. The van der Waals surface area contributed by atoms with Crippen molar-refractivity contribution in [2.24, 2.45) is 0 Å². The van der Waals surface area contributed by atoms with Crippen molar-refractivity contribution in [2.45, 2.75) is 38.6 Å². The SMILES string of the molecule is CCc1occc1C(=O)NC1CCN(C(=O)CCOC)CC1. The molecule has 0 atom stereocenters. The van der Waals surface area contributed by atoms with Crippen LogP contribution in [0.5, 0.6) is 0 Å². The number of nitrogens with zero attached hydrogens (tertiary/aromatic N) is 1. The van der Waals surface area contributed by atoms with Gasteiger partial charge in [0, 0.05) is 32.7 Å². The molecule has 122 valence electrons. The van der Waals surface area contributed by atoms with E-state index in [2.05, 4.69) is 5.32 Å². The molecule has 0 spiro atoms. The molecule has 0 radical (unpaired) electrons. The molecular formula is C16H24N2O4. The van der Waals surface area contributed by atoms with Crippen LogP contribution in [0.25, 0.3) is 0 Å². The third-order valence-corrected chi connectivity index (χ3v) is 4.01. The minimum absolute atomic E-state index is 0.0882. The Morgan fingerprint density at radius 2 is 2.14 bits per heavy atom. The molecule has 6 nitrogen and oxygen atoms in total. The number of aryl methyl sites for hydroxylation is 1. The molecule has 1 saturated heterocycles. The lowest BCUT2D eigenvalue weighted by atomic mass is 10.0. The fraction of sp³-hybridized carbons (Fsp3) is 0.625. The van der Waals surface area contributed by atoms with Crippen molar-refractivity contribution in [1.82, 2.24) is 10.2 Å². The smallest absolute Gasteiger partial charge is 0.255 e. The lowest BCUT2D eigenvalue weighted by molar-refractivity contribution is -0.133. The fourth-order valence-electron chi connectivity index (χ4n) is 2.70. The molecule has 2 rings (SSSR count). The standard InChI is InChI=1S/C16H24N2O4/c1-3-14-13(6-11-22-14)16(20)17-12-4-8-18(9-5-12)15(19)7-10-21-2/h6,11-12H,3-5,7-10H2,1-2H3,(H,17,20). The Balaban J connectivity index is 1.80. The first-order valence-electron chi connectivity index (χ1n) is 7.79. The van der Waals surface area contributed by atoms with E-state index in [1.165, 1.54) is 0 Å². The summed E-state index contributed by atoms with van der Waals surface area (Å²) in [4.78, 5) is 26.0. The van der Waals surface area contributed by atoms with Crippen LogP contribution in [0.4, 0.5) is 0 Å². The average Bonchev–Trinajstić information content (AvgIpc) is 3.02. The van der Waals surface area contributed by atoms with E-state index >= 15 is 0 Å². The summed E-state index contributed by atoms with van der Waals surface area (Å²) in [5.41, 5.74) is 0.612. The molecule has 1 fully saturated rings. The number of methoxy groups -OCH3 is 1. The Morgan fingerprint density at radius 1 is 1.41 bits per heavy atom. The fourth-order valence-corrected chi connectivity index (χ4v) is 2.70. The van der Waals surface area contributed by atoms with Crippen molar-refractivity contribution in [3.63, 3.8) is 0 Å². The second-order valence-corrected chi connectivity index (χ2v) is 5.48. The molecule has 1 aromatic rings. The Bertz CT molecular complexity index is 504. The van der Waals surface area contributed by atoms with Crippen LogP contribution >= 0.6 is 0 Å². The first-order chi connectivity index (χ1) is 10.7. The Hall–Kier alpha value is -1.82. The molecule has 0 aliphatic carbocycles. The van der Waals surface area contributed by atoms with Gasteiger partial charge in [-0.15, -0.1) is 0 Å². The van der Waals surface area contributed by atoms with Gasteiger partial charge >= 0.3 is 0 Å². The van der Waals surface area contributed by atoms with E-state index in [1.54, 1.807) is 19.4 Å². The van der Waals surface area contributed by atoms with Crippen molar-refractivity contribution >= 4 is 11.8 Å². The van der Waals surface area contributed by atoms with Crippen LogP contribution in [-0.4, -0.2) is 49.6 Å². The molecule has 0 bridgehead atoms. The molecule has 6 heteroatoms. The van der Waals surface area contributed by atoms with Crippen molar-refractivity contribution in [3.8, 4) is 0 Å². The summed E-state index contributed by atoms with van der Waals surface area (Å²) >= 11 is 0. The zero-order valence-electron chi connectivity index (χ0n) is 13.3. The Morgan fingerprint density at radius 3 is 2.77 bits per heavy atom. The second kappa shape index (κ2) is 7.98. The van der Waals surface area contributed by atoms with Crippen LogP contribution in [0.1, 0.15) is 42.3 Å². The Kier molecular flexibility index (Phi) is 6.00. The number of rotatable bonds is 6. The summed E-state index contributed by atoms with van der Waals surface area (Å²) in [5, 5.41) is 3.04. The largest absolute Gasteiger partial charge is 0.469 e. The summed E-state index contributed by atoms with van der Waals surface area (Å²) in [7, 11) is 1.59. The van der Waals surface area contributed by atoms with Crippen LogP contribution in [0.2, 0.25) is 0 Å². The molecule has 2 heterocycles. The minimum atomic E-state index is -0.0882. The van der Waals surface area contributed by atoms with Gasteiger partial charge < -0.3 is 19.4 Å². The van der Waals surface area contributed by atoms with Gasteiger partial charge in [-0.2, -0.15) is 0 Å². The number of amides is 2. The average molecular weight is 308 g/mol. The maximum Gasteiger partial charge on any atom is 0.255 e. The molecule has 1 aliphatic rings. The number of nitrogens with one attached hydrogen (secondary N) is 1. The van der Waals surface area contributed by atoms with E-state index in [0.29, 0.717) is 43.9 Å². The highest BCUT2D eigenvalue weighted by atomic mass is 16.5. The van der Waals surface area contributed by atoms with Gasteiger partial charge in [-0.3, -0.25) is 9.59 Å². The number of hydrogen-bond donors (Lipinski definition) is 1. The van der Waals surface area contributed by atoms with Crippen LogP contribution in [0, 0.1) is 0 Å². The van der Waals surface area contributed by atoms with Gasteiger partial charge in [0.25, 0.3) is 5.91 Å². The predicted molar refractivity (Wildman–Crippen MR) is 81.6 cm³/mol. The molecule has 1 aliphatic heterocycles. The summed E-state index contributed by atoms with van der Waals surface area (Å²) in [6, 6.07) is 1.82. The number of ether oxygens (including phenoxy) is 1. The van der Waals surface area contributed by atoms with E-state index in [-0.39, 0.29) is 17.9 Å². The molecule has 1 N–H and O–H groups in total. The van der Waals surface area contributed by atoms with Crippen molar-refractivity contribution < 1.29 is 18.7 Å². The van der Waals surface area contributed by atoms with Crippen molar-refractivity contribution in [3.05, 3.63) is 23.7 Å². The lowest BCUT2D eigenvalue weighted by Gasteiger charge is -2.32. The van der Waals surface area contributed by atoms with E-state index in [9.17, 15) is 9.59 Å². The zero-order valence-corrected chi connectivity index (χ0v) is 13.3. The predicted octanol–water partition coefficient (Wildman–Crippen LogP) is 1.60. The lowest BCUT2D eigenvalue weighted by Crippen LogP contribution is -2.46. The van der Waals surface area contributed by atoms with Gasteiger partial charge in [-0.05, 0) is 18.9 Å². The zero-order chi connectivity index (χ0) is 15.9. The van der Waals surface area contributed by atoms with E-state index in [4.69, 9.17) is 9.15 Å². The van der Waals surface area contributed by atoms with Gasteiger partial charge in [0.15, 0.2) is 0 Å². The summed E-state index contributed by atoms with van der Waals surface area (Å²) in [6.07, 6.45) is 4.23. The number of likely N-dealkylation sites (tertiary alicyclic amines) is 1. The van der Waals surface area contributed by atoms with Gasteiger partial charge in [0.1, 0.15) is 5.76 Å². The van der Waals surface area contributed by atoms with Gasteiger partial charge in [-0.1, -0.05) is 6.92 Å². The second-order valence-electron chi connectivity index (χ2n) is 5.48. The third kappa shape index (κ3) is 4.10. The summed E-state index contributed by atoms with van der Waals surface area (Å²) in [6.45, 7) is 3.77. The van der Waals surface area contributed by atoms with Gasteiger partial charge in [0.2, 0.25) is 5.91 Å². The quantitative estimate of drug-likeness (QED) is 0.866. The molecule has 0 unspecified atom stereocenters. The highest BCUT2D eigenvalue weighted by Crippen LogP contribution is 2.15. The molecule has 22 heavy (non-hydrogen) atoms. The van der Waals surface area contributed by atoms with E-state index < -0.39 is 0 Å². The number of hydrogen-bond acceptors (Lipinski definition) is 4. The Labute approximate surface area is 130 Å². The third-order valence-electron chi connectivity index (χ3n) is 4.01. The van der Waals surface area contributed by atoms with Crippen LogP contribution < -0.4 is 5.32 Å². The maximum absolute atomic E-state index is 12.2. The molecule has 2 amide bonds. The van der Waals surface area contributed by atoms with Crippen molar-refractivity contribution in [1.29, 1.82) is 0 Å². The number of piperidine rings is 1. The van der Waals surface area contributed by atoms with Crippen molar-refractivity contribution in [2.75, 3.05) is 26.8 Å². The first-order valence-corrected chi connectivity index (χ1v) is 7.79. The van der Waals surface area contributed by atoms with Crippen LogP contribution in [-0.2, 0) is 16.0 Å². The summed E-state index contributed by atoms with van der Waals surface area (Å²) < 4.78 is 10.2. The highest BCUT2D eigenvalue weighted by Gasteiger charge is 2.24. The highest BCUT2D eigenvalue weighted by molar-refractivity contribution is 5.95. The summed E-state index contributed by atoms with van der Waals surface area (Å²) in [5.74, 6) is 0.745. The number of carbonyl (C=O) groups is 2. The van der Waals surface area contributed by atoms with Gasteiger partial charge in [-0.25, -0.2) is 0 Å². The maximum atomic E-state index is 12.2. The molecule has 1 aromatic heterocycles. The topological polar surface area (TPSA) is 71.8 Å². The van der Waals surface area contributed by atoms with Crippen LogP contribution in [0.15, 0.2) is 16.7 Å². The van der Waals surface area contributed by atoms with E-state index in [0.717, 1.165) is 12.8 Å². The number of furan rings is 1. The first kappa shape index (κ1) is 16.5. The molecular weight excluding hydrogens is 284 g/mol. The van der Waals surface area contributed by atoms with Crippen LogP contribution in [0.3, 0.4) is 0 Å². The monoisotopic (exact) mass is 308 g/mol. The van der Waals surface area contributed by atoms with E-state index in [1.807, 2.05) is 11.8 Å².